The first kappa shape index (κ1) is 22.2. The van der Waals surface area contributed by atoms with Gasteiger partial charge in [-0.25, -0.2) is 12.8 Å². The molecular formula is C21H32FN3O3S. The van der Waals surface area contributed by atoms with E-state index in [4.69, 9.17) is 0 Å². The molecule has 1 amide bonds. The highest BCUT2D eigenvalue weighted by atomic mass is 32.2. The zero-order valence-corrected chi connectivity index (χ0v) is 18.3. The van der Waals surface area contributed by atoms with Gasteiger partial charge in [-0.15, -0.1) is 0 Å². The van der Waals surface area contributed by atoms with Gasteiger partial charge in [-0.2, -0.15) is 4.31 Å². The van der Waals surface area contributed by atoms with Crippen molar-refractivity contribution < 1.29 is 17.6 Å². The van der Waals surface area contributed by atoms with Crippen molar-refractivity contribution in [2.45, 2.75) is 57.0 Å². The topological polar surface area (TPSA) is 69.7 Å². The Kier molecular flexibility index (Phi) is 6.96. The largest absolute Gasteiger partial charge is 0.352 e. The van der Waals surface area contributed by atoms with Crippen LogP contribution in [0.3, 0.4) is 0 Å². The van der Waals surface area contributed by atoms with Crippen molar-refractivity contribution in [2.24, 2.45) is 11.8 Å². The minimum absolute atomic E-state index is 0.00126. The lowest BCUT2D eigenvalue weighted by Crippen LogP contribution is -2.56. The second kappa shape index (κ2) is 9.10. The first-order valence-corrected chi connectivity index (χ1v) is 11.9. The zero-order valence-electron chi connectivity index (χ0n) is 17.5. The number of carbonyl (C=O) groups is 1. The van der Waals surface area contributed by atoms with Gasteiger partial charge in [-0.1, -0.05) is 38.8 Å². The van der Waals surface area contributed by atoms with Crippen molar-refractivity contribution in [2.75, 3.05) is 26.2 Å². The van der Waals surface area contributed by atoms with Gasteiger partial charge in [0.1, 0.15) is 10.7 Å². The summed E-state index contributed by atoms with van der Waals surface area (Å²) in [6.45, 7) is 7.68. The fraction of sp³-hybridized carbons (Fsp3) is 0.667. The second-order valence-corrected chi connectivity index (χ2v) is 10.3. The standard InChI is InChI=1S/C21H32FN3O3S/c1-15-7-6-9-19(16(15)2)23-21(26)17(3)24-11-13-25(14-12-24)29(27,28)20-10-5-4-8-18(20)22/h4-5,8,10,15-17,19H,6-7,9,11-14H2,1-3H3,(H,23,26)/t15-,16-,17-,19+/m1/s1. The molecule has 0 unspecified atom stereocenters. The molecule has 29 heavy (non-hydrogen) atoms. The van der Waals surface area contributed by atoms with E-state index in [9.17, 15) is 17.6 Å². The number of carbonyl (C=O) groups excluding carboxylic acids is 1. The molecule has 1 aliphatic heterocycles. The normalized spacial score (nSPS) is 28.1. The average molecular weight is 426 g/mol. The van der Waals surface area contributed by atoms with Crippen LogP contribution in [0.1, 0.15) is 40.0 Å². The molecule has 1 saturated carbocycles. The molecule has 1 heterocycles. The average Bonchev–Trinajstić information content (AvgIpc) is 2.71. The van der Waals surface area contributed by atoms with Gasteiger partial charge >= 0.3 is 0 Å². The Labute approximate surface area is 173 Å². The summed E-state index contributed by atoms with van der Waals surface area (Å²) in [5.74, 6) is 0.332. The van der Waals surface area contributed by atoms with Gasteiger partial charge < -0.3 is 5.32 Å². The van der Waals surface area contributed by atoms with Gasteiger partial charge in [-0.3, -0.25) is 9.69 Å². The maximum Gasteiger partial charge on any atom is 0.246 e. The Hall–Kier alpha value is -1.51. The van der Waals surface area contributed by atoms with Crippen LogP contribution < -0.4 is 5.32 Å². The number of sulfonamides is 1. The van der Waals surface area contributed by atoms with Crippen LogP contribution in [-0.4, -0.2) is 61.8 Å². The van der Waals surface area contributed by atoms with E-state index in [1.165, 1.54) is 28.9 Å². The van der Waals surface area contributed by atoms with Crippen LogP contribution in [0.25, 0.3) is 0 Å². The van der Waals surface area contributed by atoms with Crippen LogP contribution in [0, 0.1) is 17.7 Å². The van der Waals surface area contributed by atoms with E-state index in [-0.39, 0.29) is 36.0 Å². The third-order valence-corrected chi connectivity index (χ3v) is 8.62. The van der Waals surface area contributed by atoms with Crippen molar-refractivity contribution in [1.82, 2.24) is 14.5 Å². The number of rotatable bonds is 5. The van der Waals surface area contributed by atoms with Crippen LogP contribution in [0.15, 0.2) is 29.2 Å². The van der Waals surface area contributed by atoms with Crippen molar-refractivity contribution in [3.05, 3.63) is 30.1 Å². The van der Waals surface area contributed by atoms with Crippen LogP contribution in [0.5, 0.6) is 0 Å². The number of nitrogens with zero attached hydrogens (tertiary/aromatic N) is 2. The molecule has 3 rings (SSSR count). The van der Waals surface area contributed by atoms with E-state index < -0.39 is 15.8 Å². The summed E-state index contributed by atoms with van der Waals surface area (Å²) < 4.78 is 40.7. The minimum Gasteiger partial charge on any atom is -0.352 e. The molecule has 1 saturated heterocycles. The van der Waals surface area contributed by atoms with E-state index in [1.54, 1.807) is 0 Å². The van der Waals surface area contributed by atoms with Gasteiger partial charge in [0.25, 0.3) is 0 Å². The number of halogens is 1. The predicted molar refractivity (Wildman–Crippen MR) is 110 cm³/mol. The molecule has 1 aromatic carbocycles. The predicted octanol–water partition coefficient (Wildman–Crippen LogP) is 2.46. The lowest BCUT2D eigenvalue weighted by Gasteiger charge is -2.39. The highest BCUT2D eigenvalue weighted by Gasteiger charge is 2.34. The lowest BCUT2D eigenvalue weighted by atomic mass is 9.78. The quantitative estimate of drug-likeness (QED) is 0.787. The number of hydrogen-bond donors (Lipinski definition) is 1. The van der Waals surface area contributed by atoms with Crippen LogP contribution in [-0.2, 0) is 14.8 Å². The zero-order chi connectivity index (χ0) is 21.2. The molecule has 6 nitrogen and oxygen atoms in total. The van der Waals surface area contributed by atoms with Gasteiger partial charge in [0.05, 0.1) is 6.04 Å². The Bertz CT molecular complexity index is 824. The SMILES string of the molecule is C[C@@H]1[C@H](C)CCC[C@@H]1NC(=O)[C@@H](C)N1CCN(S(=O)(=O)c2ccccc2F)CC1. The third kappa shape index (κ3) is 4.81. The van der Waals surface area contributed by atoms with E-state index in [0.717, 1.165) is 18.9 Å². The molecule has 0 bridgehead atoms. The van der Waals surface area contributed by atoms with Crippen molar-refractivity contribution in [3.8, 4) is 0 Å². The third-order valence-electron chi connectivity index (χ3n) is 6.69. The fourth-order valence-corrected chi connectivity index (χ4v) is 5.87. The highest BCUT2D eigenvalue weighted by Crippen LogP contribution is 2.29. The number of amides is 1. The van der Waals surface area contributed by atoms with E-state index in [0.29, 0.717) is 24.9 Å². The van der Waals surface area contributed by atoms with Gasteiger partial charge in [-0.05, 0) is 37.3 Å². The molecule has 1 aromatic rings. The summed E-state index contributed by atoms with van der Waals surface area (Å²) in [6.07, 6.45) is 3.36. The lowest BCUT2D eigenvalue weighted by molar-refractivity contribution is -0.127. The van der Waals surface area contributed by atoms with Crippen molar-refractivity contribution >= 4 is 15.9 Å². The Balaban J connectivity index is 1.57. The second-order valence-electron chi connectivity index (χ2n) is 8.43. The Morgan fingerprint density at radius 2 is 1.79 bits per heavy atom. The summed E-state index contributed by atoms with van der Waals surface area (Å²) in [5.41, 5.74) is 0. The first-order valence-electron chi connectivity index (χ1n) is 10.5. The number of hydrogen-bond acceptors (Lipinski definition) is 4. The molecule has 2 fully saturated rings. The molecule has 1 N–H and O–H groups in total. The molecule has 0 spiro atoms. The molecule has 0 aromatic heterocycles. The molecule has 2 aliphatic rings. The van der Waals surface area contributed by atoms with Crippen molar-refractivity contribution in [3.63, 3.8) is 0 Å². The molecule has 1 aliphatic carbocycles. The summed E-state index contributed by atoms with van der Waals surface area (Å²) in [4.78, 5) is 14.5. The van der Waals surface area contributed by atoms with E-state index in [2.05, 4.69) is 19.2 Å². The smallest absolute Gasteiger partial charge is 0.246 e. The van der Waals surface area contributed by atoms with Gasteiger partial charge in [0, 0.05) is 32.2 Å². The summed E-state index contributed by atoms with van der Waals surface area (Å²) >= 11 is 0. The number of benzene rings is 1. The summed E-state index contributed by atoms with van der Waals surface area (Å²) in [7, 11) is -3.87. The number of nitrogens with one attached hydrogen (secondary N) is 1. The van der Waals surface area contributed by atoms with E-state index in [1.807, 2.05) is 11.8 Å². The van der Waals surface area contributed by atoms with Gasteiger partial charge in [0.15, 0.2) is 0 Å². The molecular weight excluding hydrogens is 393 g/mol. The molecule has 8 heteroatoms. The van der Waals surface area contributed by atoms with Crippen LogP contribution in [0.4, 0.5) is 4.39 Å². The van der Waals surface area contributed by atoms with Gasteiger partial charge in [0.2, 0.25) is 15.9 Å². The summed E-state index contributed by atoms with van der Waals surface area (Å²) in [6, 6.07) is 5.32. The summed E-state index contributed by atoms with van der Waals surface area (Å²) in [5, 5.41) is 3.21. The fourth-order valence-electron chi connectivity index (χ4n) is 4.38. The minimum atomic E-state index is -3.87. The van der Waals surface area contributed by atoms with E-state index >= 15 is 0 Å². The van der Waals surface area contributed by atoms with Crippen LogP contribution >= 0.6 is 0 Å². The first-order chi connectivity index (χ1) is 13.7. The molecule has 162 valence electrons. The molecule has 4 atom stereocenters. The van der Waals surface area contributed by atoms with Crippen LogP contribution in [0.2, 0.25) is 0 Å². The number of piperazine rings is 1. The molecule has 0 radical (unpaired) electrons. The van der Waals surface area contributed by atoms with Crippen molar-refractivity contribution in [1.29, 1.82) is 0 Å². The monoisotopic (exact) mass is 425 g/mol. The maximum absolute atomic E-state index is 14.0. The maximum atomic E-state index is 14.0. The highest BCUT2D eigenvalue weighted by molar-refractivity contribution is 7.89. The Morgan fingerprint density at radius 3 is 2.45 bits per heavy atom. The Morgan fingerprint density at radius 1 is 1.14 bits per heavy atom.